The zero-order chi connectivity index (χ0) is 14.1. The van der Waals surface area contributed by atoms with Crippen molar-refractivity contribution in [3.63, 3.8) is 0 Å². The van der Waals surface area contributed by atoms with E-state index in [9.17, 15) is 4.79 Å². The smallest absolute Gasteiger partial charge is 0.287 e. The van der Waals surface area contributed by atoms with Crippen LogP contribution in [-0.2, 0) is 0 Å². The Labute approximate surface area is 126 Å². The molecular weight excluding hydrogens is 318 g/mol. The molecule has 0 radical (unpaired) electrons. The first-order chi connectivity index (χ1) is 9.63. The Balaban J connectivity index is 1.78. The van der Waals surface area contributed by atoms with Crippen molar-refractivity contribution in [1.29, 1.82) is 0 Å². The second kappa shape index (κ2) is 5.60. The topological polar surface area (TPSA) is 42.2 Å². The summed E-state index contributed by atoms with van der Waals surface area (Å²) in [7, 11) is 0. The van der Waals surface area contributed by atoms with Gasteiger partial charge in [-0.3, -0.25) is 4.79 Å². The fourth-order valence-corrected chi connectivity index (χ4v) is 3.48. The molecule has 1 N–H and O–H groups in total. The van der Waals surface area contributed by atoms with Gasteiger partial charge in [0.1, 0.15) is 5.58 Å². The molecule has 3 nitrogen and oxygen atoms in total. The molecule has 1 aromatic carbocycles. The summed E-state index contributed by atoms with van der Waals surface area (Å²) in [5.41, 5.74) is 1.93. The molecule has 4 heteroatoms. The number of hydrogen-bond donors (Lipinski definition) is 1. The van der Waals surface area contributed by atoms with Gasteiger partial charge in [0.15, 0.2) is 5.76 Å². The fraction of sp³-hybridized carbons (Fsp3) is 0.438. The van der Waals surface area contributed by atoms with Crippen LogP contribution < -0.4 is 5.32 Å². The first-order valence-electron chi connectivity index (χ1n) is 7.08. The van der Waals surface area contributed by atoms with Crippen molar-refractivity contribution in [3.05, 3.63) is 35.6 Å². The molecule has 2 atom stereocenters. The maximum Gasteiger partial charge on any atom is 0.287 e. The molecule has 0 aliphatic heterocycles. The van der Waals surface area contributed by atoms with Gasteiger partial charge in [-0.1, -0.05) is 40.4 Å². The lowest BCUT2D eigenvalue weighted by atomic mass is 9.95. The van der Waals surface area contributed by atoms with E-state index in [0.717, 1.165) is 29.4 Å². The molecule has 0 saturated heterocycles. The van der Waals surface area contributed by atoms with Crippen molar-refractivity contribution in [1.82, 2.24) is 5.32 Å². The maximum absolute atomic E-state index is 12.3. The second-order valence-corrected chi connectivity index (χ2v) is 6.71. The lowest BCUT2D eigenvalue weighted by Gasteiger charge is -2.27. The number of amides is 1. The summed E-state index contributed by atoms with van der Waals surface area (Å²) in [5, 5.41) is 4.06. The predicted molar refractivity (Wildman–Crippen MR) is 83.4 cm³/mol. The minimum atomic E-state index is -0.116. The van der Waals surface area contributed by atoms with Crippen molar-refractivity contribution in [3.8, 4) is 0 Å². The molecular formula is C16H18BrNO2. The molecule has 1 saturated carbocycles. The molecule has 1 fully saturated rings. The first kappa shape index (κ1) is 13.7. The standard InChI is InChI=1S/C16H18BrNO2/c1-10-6-7-14-11(8-10)9-15(20-14)16(19)18-13-5-3-2-4-12(13)17/h6-9,12-13H,2-5H2,1H3,(H,18,19). The lowest BCUT2D eigenvalue weighted by Crippen LogP contribution is -2.42. The van der Waals surface area contributed by atoms with Crippen molar-refractivity contribution in [2.24, 2.45) is 0 Å². The number of carbonyl (C=O) groups is 1. The van der Waals surface area contributed by atoms with E-state index in [4.69, 9.17) is 4.42 Å². The number of nitrogens with one attached hydrogen (secondary N) is 1. The van der Waals surface area contributed by atoms with Gasteiger partial charge >= 0.3 is 0 Å². The molecule has 1 aliphatic carbocycles. The monoisotopic (exact) mass is 335 g/mol. The molecule has 0 spiro atoms. The van der Waals surface area contributed by atoms with Gasteiger partial charge in [-0.05, 0) is 38.0 Å². The Hall–Kier alpha value is -1.29. The van der Waals surface area contributed by atoms with Crippen molar-refractivity contribution < 1.29 is 9.21 Å². The Morgan fingerprint density at radius 2 is 2.10 bits per heavy atom. The van der Waals surface area contributed by atoms with Crippen LogP contribution in [-0.4, -0.2) is 16.8 Å². The van der Waals surface area contributed by atoms with Crippen LogP contribution in [0, 0.1) is 6.92 Å². The van der Waals surface area contributed by atoms with Crippen LogP contribution >= 0.6 is 15.9 Å². The summed E-state index contributed by atoms with van der Waals surface area (Å²) in [5.74, 6) is 0.283. The van der Waals surface area contributed by atoms with Gasteiger partial charge in [0, 0.05) is 16.3 Å². The quantitative estimate of drug-likeness (QED) is 0.836. The largest absolute Gasteiger partial charge is 0.451 e. The average Bonchev–Trinajstić information content (AvgIpc) is 2.84. The van der Waals surface area contributed by atoms with Crippen LogP contribution in [0.4, 0.5) is 0 Å². The molecule has 1 heterocycles. The predicted octanol–water partition coefficient (Wildman–Crippen LogP) is 4.18. The van der Waals surface area contributed by atoms with Crippen LogP contribution in [0.2, 0.25) is 0 Å². The van der Waals surface area contributed by atoms with E-state index in [1.54, 1.807) is 0 Å². The van der Waals surface area contributed by atoms with Crippen molar-refractivity contribution in [2.75, 3.05) is 0 Å². The summed E-state index contributed by atoms with van der Waals surface area (Å²) in [6.07, 6.45) is 4.55. The Morgan fingerprint density at radius 3 is 2.90 bits per heavy atom. The molecule has 1 amide bonds. The van der Waals surface area contributed by atoms with Crippen LogP contribution in [0.25, 0.3) is 11.0 Å². The Kier molecular flexibility index (Phi) is 3.83. The third-order valence-electron chi connectivity index (χ3n) is 3.89. The molecule has 1 aromatic heterocycles. The summed E-state index contributed by atoms with van der Waals surface area (Å²) in [4.78, 5) is 12.7. The highest BCUT2D eigenvalue weighted by atomic mass is 79.9. The number of alkyl halides is 1. The third-order valence-corrected chi connectivity index (χ3v) is 4.99. The first-order valence-corrected chi connectivity index (χ1v) is 8.00. The Bertz CT molecular complexity index is 634. The number of hydrogen-bond acceptors (Lipinski definition) is 2. The van der Waals surface area contributed by atoms with E-state index in [1.807, 2.05) is 31.2 Å². The second-order valence-electron chi connectivity index (χ2n) is 5.53. The van der Waals surface area contributed by atoms with E-state index in [1.165, 1.54) is 12.8 Å². The normalized spacial score (nSPS) is 22.9. The number of halogens is 1. The summed E-state index contributed by atoms with van der Waals surface area (Å²) in [6, 6.07) is 7.96. The SMILES string of the molecule is Cc1ccc2oc(C(=O)NC3CCCCC3Br)cc2c1. The van der Waals surface area contributed by atoms with Gasteiger partial charge in [-0.15, -0.1) is 0 Å². The molecule has 2 unspecified atom stereocenters. The van der Waals surface area contributed by atoms with E-state index < -0.39 is 0 Å². The highest BCUT2D eigenvalue weighted by Crippen LogP contribution is 2.25. The minimum Gasteiger partial charge on any atom is -0.451 e. The molecule has 1 aliphatic rings. The molecule has 20 heavy (non-hydrogen) atoms. The van der Waals surface area contributed by atoms with Gasteiger partial charge in [-0.2, -0.15) is 0 Å². The highest BCUT2D eigenvalue weighted by Gasteiger charge is 2.25. The van der Waals surface area contributed by atoms with E-state index in [0.29, 0.717) is 10.6 Å². The van der Waals surface area contributed by atoms with E-state index >= 15 is 0 Å². The van der Waals surface area contributed by atoms with Gasteiger partial charge in [0.25, 0.3) is 5.91 Å². The summed E-state index contributed by atoms with van der Waals surface area (Å²) >= 11 is 3.65. The van der Waals surface area contributed by atoms with Gasteiger partial charge in [0.05, 0.1) is 0 Å². The zero-order valence-electron chi connectivity index (χ0n) is 11.5. The van der Waals surface area contributed by atoms with Gasteiger partial charge < -0.3 is 9.73 Å². The fourth-order valence-electron chi connectivity index (χ4n) is 2.76. The Morgan fingerprint density at radius 1 is 1.30 bits per heavy atom. The minimum absolute atomic E-state index is 0.116. The number of fused-ring (bicyclic) bond motifs is 1. The zero-order valence-corrected chi connectivity index (χ0v) is 13.1. The third kappa shape index (κ3) is 2.75. The number of rotatable bonds is 2. The summed E-state index contributed by atoms with van der Waals surface area (Å²) in [6.45, 7) is 2.03. The van der Waals surface area contributed by atoms with Gasteiger partial charge in [-0.25, -0.2) is 0 Å². The number of benzene rings is 1. The van der Waals surface area contributed by atoms with E-state index in [-0.39, 0.29) is 11.9 Å². The molecule has 0 bridgehead atoms. The number of furan rings is 1. The van der Waals surface area contributed by atoms with Crippen molar-refractivity contribution >= 4 is 32.8 Å². The highest BCUT2D eigenvalue weighted by molar-refractivity contribution is 9.09. The molecule has 3 rings (SSSR count). The molecule has 2 aromatic rings. The van der Waals surface area contributed by atoms with Crippen LogP contribution in [0.1, 0.15) is 41.8 Å². The number of carbonyl (C=O) groups excluding carboxylic acids is 1. The summed E-state index contributed by atoms with van der Waals surface area (Å²) < 4.78 is 5.63. The van der Waals surface area contributed by atoms with Crippen molar-refractivity contribution in [2.45, 2.75) is 43.5 Å². The average molecular weight is 336 g/mol. The molecule has 106 valence electrons. The maximum atomic E-state index is 12.3. The lowest BCUT2D eigenvalue weighted by molar-refractivity contribution is 0.0904. The number of aryl methyl sites for hydroxylation is 1. The van der Waals surface area contributed by atoms with Gasteiger partial charge in [0.2, 0.25) is 0 Å². The van der Waals surface area contributed by atoms with Crippen LogP contribution in [0.3, 0.4) is 0 Å². The van der Waals surface area contributed by atoms with Crippen LogP contribution in [0.15, 0.2) is 28.7 Å². The van der Waals surface area contributed by atoms with E-state index in [2.05, 4.69) is 21.2 Å². The van der Waals surface area contributed by atoms with Crippen LogP contribution in [0.5, 0.6) is 0 Å².